The second-order valence-corrected chi connectivity index (χ2v) is 5.43. The summed E-state index contributed by atoms with van der Waals surface area (Å²) in [4.78, 5) is 12.3. The molecular formula is C13H24N2O3. The molecule has 2 heterocycles. The molecule has 2 atom stereocenters. The van der Waals surface area contributed by atoms with E-state index in [1.165, 1.54) is 0 Å². The van der Waals surface area contributed by atoms with E-state index < -0.39 is 5.41 Å². The molecule has 3 N–H and O–H groups in total. The molecule has 2 fully saturated rings. The Bertz CT molecular complexity index is 290. The fourth-order valence-electron chi connectivity index (χ4n) is 2.74. The Morgan fingerprint density at radius 1 is 1.39 bits per heavy atom. The highest BCUT2D eigenvalue weighted by Crippen LogP contribution is 2.29. The van der Waals surface area contributed by atoms with Crippen molar-refractivity contribution in [2.45, 2.75) is 32.3 Å². The van der Waals surface area contributed by atoms with Crippen LogP contribution in [0.2, 0.25) is 0 Å². The quantitative estimate of drug-likeness (QED) is 0.758. The average Bonchev–Trinajstić information content (AvgIpc) is 2.82. The van der Waals surface area contributed by atoms with Crippen molar-refractivity contribution < 1.29 is 14.3 Å². The molecule has 2 unspecified atom stereocenters. The Morgan fingerprint density at radius 3 is 2.67 bits per heavy atom. The Labute approximate surface area is 108 Å². The predicted molar refractivity (Wildman–Crippen MR) is 68.1 cm³/mol. The van der Waals surface area contributed by atoms with Crippen LogP contribution in [0, 0.1) is 11.3 Å². The summed E-state index contributed by atoms with van der Waals surface area (Å²) in [5.41, 5.74) is 5.39. The van der Waals surface area contributed by atoms with E-state index in [-0.39, 0.29) is 12.0 Å². The number of carbonyl (C=O) groups is 1. The van der Waals surface area contributed by atoms with Gasteiger partial charge in [-0.1, -0.05) is 0 Å². The van der Waals surface area contributed by atoms with Gasteiger partial charge >= 0.3 is 0 Å². The Morgan fingerprint density at radius 2 is 2.11 bits per heavy atom. The van der Waals surface area contributed by atoms with Gasteiger partial charge < -0.3 is 20.5 Å². The third-order valence-electron chi connectivity index (χ3n) is 4.38. The number of nitrogens with one attached hydrogen (secondary N) is 1. The molecule has 0 aromatic rings. The monoisotopic (exact) mass is 256 g/mol. The van der Waals surface area contributed by atoms with Gasteiger partial charge in [-0.25, -0.2) is 0 Å². The minimum atomic E-state index is -0.416. The molecule has 2 aliphatic heterocycles. The van der Waals surface area contributed by atoms with E-state index in [0.29, 0.717) is 32.2 Å². The predicted octanol–water partition coefficient (Wildman–Crippen LogP) is 0.283. The highest BCUT2D eigenvalue weighted by molar-refractivity contribution is 5.83. The summed E-state index contributed by atoms with van der Waals surface area (Å²) in [6, 6.07) is 0. The van der Waals surface area contributed by atoms with E-state index in [0.717, 1.165) is 25.9 Å². The minimum Gasteiger partial charge on any atom is -0.381 e. The van der Waals surface area contributed by atoms with Crippen molar-refractivity contribution in [3.8, 4) is 0 Å². The van der Waals surface area contributed by atoms with Gasteiger partial charge in [0.05, 0.1) is 11.5 Å². The van der Waals surface area contributed by atoms with Gasteiger partial charge in [-0.15, -0.1) is 0 Å². The summed E-state index contributed by atoms with van der Waals surface area (Å²) in [6.07, 6.45) is 2.73. The number of carbonyl (C=O) groups excluding carboxylic acids is 1. The number of hydrogen-bond acceptors (Lipinski definition) is 4. The van der Waals surface area contributed by atoms with Gasteiger partial charge in [0.25, 0.3) is 0 Å². The third-order valence-corrected chi connectivity index (χ3v) is 4.38. The molecule has 0 saturated carbocycles. The molecule has 104 valence electrons. The van der Waals surface area contributed by atoms with Crippen molar-refractivity contribution in [2.24, 2.45) is 17.1 Å². The van der Waals surface area contributed by atoms with Crippen LogP contribution >= 0.6 is 0 Å². The minimum absolute atomic E-state index is 0.0902. The van der Waals surface area contributed by atoms with Crippen LogP contribution in [0.1, 0.15) is 26.2 Å². The summed E-state index contributed by atoms with van der Waals surface area (Å²) in [5.74, 6) is 0.524. The summed E-state index contributed by atoms with van der Waals surface area (Å²) in [6.45, 7) is 5.23. The van der Waals surface area contributed by atoms with Crippen LogP contribution in [0.25, 0.3) is 0 Å². The van der Waals surface area contributed by atoms with Crippen LogP contribution < -0.4 is 11.1 Å². The first kappa shape index (κ1) is 13.8. The van der Waals surface area contributed by atoms with Gasteiger partial charge in [-0.2, -0.15) is 0 Å². The molecule has 0 aromatic carbocycles. The molecule has 0 aromatic heterocycles. The van der Waals surface area contributed by atoms with Gasteiger partial charge in [-0.3, -0.25) is 4.79 Å². The van der Waals surface area contributed by atoms with Gasteiger partial charge in [0, 0.05) is 38.8 Å². The fourth-order valence-corrected chi connectivity index (χ4v) is 2.74. The lowest BCUT2D eigenvalue weighted by atomic mass is 9.79. The van der Waals surface area contributed by atoms with Crippen LogP contribution in [-0.4, -0.2) is 44.9 Å². The van der Waals surface area contributed by atoms with E-state index in [1.54, 1.807) is 0 Å². The van der Waals surface area contributed by atoms with Crippen LogP contribution in [0.5, 0.6) is 0 Å². The second kappa shape index (κ2) is 5.99. The molecule has 0 bridgehead atoms. The molecule has 0 aliphatic carbocycles. The molecular weight excluding hydrogens is 232 g/mol. The highest BCUT2D eigenvalue weighted by Gasteiger charge is 2.39. The third kappa shape index (κ3) is 2.84. The van der Waals surface area contributed by atoms with E-state index in [4.69, 9.17) is 15.2 Å². The number of amides is 1. The summed E-state index contributed by atoms with van der Waals surface area (Å²) in [7, 11) is 0. The zero-order valence-corrected chi connectivity index (χ0v) is 11.1. The zero-order valence-electron chi connectivity index (χ0n) is 11.1. The van der Waals surface area contributed by atoms with Crippen LogP contribution in [0.3, 0.4) is 0 Å². The van der Waals surface area contributed by atoms with E-state index in [2.05, 4.69) is 12.2 Å². The topological polar surface area (TPSA) is 73.6 Å². The highest BCUT2D eigenvalue weighted by atomic mass is 16.5. The van der Waals surface area contributed by atoms with E-state index in [1.807, 2.05) is 0 Å². The number of hydrogen-bond donors (Lipinski definition) is 2. The largest absolute Gasteiger partial charge is 0.381 e. The molecule has 0 spiro atoms. The summed E-state index contributed by atoms with van der Waals surface area (Å²) >= 11 is 0. The van der Waals surface area contributed by atoms with Crippen molar-refractivity contribution in [1.82, 2.24) is 5.32 Å². The lowest BCUT2D eigenvalue weighted by Gasteiger charge is -2.35. The first-order valence-electron chi connectivity index (χ1n) is 6.86. The van der Waals surface area contributed by atoms with Crippen LogP contribution in [-0.2, 0) is 14.3 Å². The molecule has 2 saturated heterocycles. The first-order valence-corrected chi connectivity index (χ1v) is 6.86. The molecule has 18 heavy (non-hydrogen) atoms. The molecule has 2 rings (SSSR count). The number of ether oxygens (including phenoxy) is 2. The van der Waals surface area contributed by atoms with Crippen molar-refractivity contribution in [1.29, 1.82) is 0 Å². The summed E-state index contributed by atoms with van der Waals surface area (Å²) in [5, 5.41) is 3.06. The number of nitrogens with two attached hydrogens (primary N) is 1. The van der Waals surface area contributed by atoms with Crippen molar-refractivity contribution in [3.05, 3.63) is 0 Å². The standard InChI is InChI=1S/C13H24N2O3/c1-10-11(2-5-18-10)8-15-12(16)13(9-14)3-6-17-7-4-13/h10-11H,2-9,14H2,1H3,(H,15,16). The van der Waals surface area contributed by atoms with Crippen molar-refractivity contribution in [2.75, 3.05) is 32.9 Å². The van der Waals surface area contributed by atoms with Crippen LogP contribution in [0.15, 0.2) is 0 Å². The molecule has 2 aliphatic rings. The first-order chi connectivity index (χ1) is 8.68. The van der Waals surface area contributed by atoms with E-state index in [9.17, 15) is 4.79 Å². The molecule has 1 amide bonds. The Hall–Kier alpha value is -0.650. The molecule has 5 nitrogen and oxygen atoms in total. The second-order valence-electron chi connectivity index (χ2n) is 5.43. The van der Waals surface area contributed by atoms with E-state index >= 15 is 0 Å². The smallest absolute Gasteiger partial charge is 0.227 e. The van der Waals surface area contributed by atoms with Crippen LogP contribution in [0.4, 0.5) is 0 Å². The maximum absolute atomic E-state index is 12.3. The van der Waals surface area contributed by atoms with Gasteiger partial charge in [0.2, 0.25) is 5.91 Å². The SMILES string of the molecule is CC1OCCC1CNC(=O)C1(CN)CCOCC1. The molecule has 5 heteroatoms. The van der Waals surface area contributed by atoms with Crippen molar-refractivity contribution in [3.63, 3.8) is 0 Å². The Balaban J connectivity index is 1.85. The normalized spacial score (nSPS) is 31.2. The maximum atomic E-state index is 12.3. The Kier molecular flexibility index (Phi) is 4.59. The maximum Gasteiger partial charge on any atom is 0.227 e. The molecule has 0 radical (unpaired) electrons. The lowest BCUT2D eigenvalue weighted by molar-refractivity contribution is -0.136. The summed E-state index contributed by atoms with van der Waals surface area (Å²) < 4.78 is 10.8. The zero-order chi connectivity index (χ0) is 13.0. The van der Waals surface area contributed by atoms with Gasteiger partial charge in [0.1, 0.15) is 0 Å². The fraction of sp³-hybridized carbons (Fsp3) is 0.923. The van der Waals surface area contributed by atoms with Gasteiger partial charge in [-0.05, 0) is 26.2 Å². The average molecular weight is 256 g/mol. The van der Waals surface area contributed by atoms with Crippen molar-refractivity contribution >= 4 is 5.91 Å². The van der Waals surface area contributed by atoms with Gasteiger partial charge in [0.15, 0.2) is 0 Å². The lowest BCUT2D eigenvalue weighted by Crippen LogP contribution is -2.50. The number of rotatable bonds is 4.